The largest absolute Gasteiger partial charge is 0.0988 e. The molecule has 0 amide bonds. The van der Waals surface area contributed by atoms with Crippen LogP contribution in [0.5, 0.6) is 0 Å². The lowest BCUT2D eigenvalue weighted by Gasteiger charge is -2.15. The molecule has 1 aliphatic carbocycles. The van der Waals surface area contributed by atoms with Crippen molar-refractivity contribution in [3.05, 3.63) is 36.5 Å². The normalized spacial score (nSPS) is 22.1. The maximum atomic E-state index is 3.80. The van der Waals surface area contributed by atoms with E-state index < -0.39 is 0 Å². The summed E-state index contributed by atoms with van der Waals surface area (Å²) >= 11 is 0. The van der Waals surface area contributed by atoms with Gasteiger partial charge in [-0.25, -0.2) is 0 Å². The van der Waals surface area contributed by atoms with E-state index in [9.17, 15) is 0 Å². The van der Waals surface area contributed by atoms with E-state index in [0.29, 0.717) is 0 Å². The molecule has 0 spiro atoms. The molecule has 0 radical (unpaired) electrons. The number of rotatable bonds is 4. The van der Waals surface area contributed by atoms with E-state index >= 15 is 0 Å². The molecule has 0 saturated carbocycles. The van der Waals surface area contributed by atoms with Crippen molar-refractivity contribution in [2.45, 2.75) is 32.6 Å². The summed E-state index contributed by atoms with van der Waals surface area (Å²) in [6.07, 6.45) is 13.8. The molecule has 0 N–H and O–H groups in total. The van der Waals surface area contributed by atoms with Crippen molar-refractivity contribution in [2.75, 3.05) is 0 Å². The van der Waals surface area contributed by atoms with Crippen molar-refractivity contribution >= 4 is 0 Å². The Morgan fingerprint density at radius 1 is 1.67 bits per heavy atom. The molecule has 1 aliphatic rings. The smallest absolute Gasteiger partial charge is 0.0190 e. The summed E-state index contributed by atoms with van der Waals surface area (Å²) in [5.74, 6) is 0.767. The Hall–Kier alpha value is -0.780. The first-order valence-electron chi connectivity index (χ1n) is 4.86. The molecule has 12 heavy (non-hydrogen) atoms. The second-order valence-corrected chi connectivity index (χ2v) is 3.44. The summed E-state index contributed by atoms with van der Waals surface area (Å²) in [5.41, 5.74) is 1.39. The summed E-state index contributed by atoms with van der Waals surface area (Å²) in [5, 5.41) is 0. The van der Waals surface area contributed by atoms with E-state index in [-0.39, 0.29) is 0 Å². The minimum Gasteiger partial charge on any atom is -0.0988 e. The predicted molar refractivity (Wildman–Crippen MR) is 55.1 cm³/mol. The van der Waals surface area contributed by atoms with Gasteiger partial charge in [-0.15, -0.1) is 0 Å². The Morgan fingerprint density at radius 2 is 2.50 bits per heavy atom. The number of unbranched alkanes of at least 4 members (excludes halogenated alkanes) is 1. The van der Waals surface area contributed by atoms with Crippen LogP contribution in [0.4, 0.5) is 0 Å². The van der Waals surface area contributed by atoms with Crippen LogP contribution in [0, 0.1) is 5.92 Å². The number of hydrogen-bond acceptors (Lipinski definition) is 0. The third-order valence-corrected chi connectivity index (χ3v) is 2.38. The Morgan fingerprint density at radius 3 is 3.17 bits per heavy atom. The van der Waals surface area contributed by atoms with E-state index in [1.54, 1.807) is 0 Å². The molecule has 66 valence electrons. The Labute approximate surface area is 75.7 Å². The van der Waals surface area contributed by atoms with Crippen LogP contribution in [-0.2, 0) is 0 Å². The fraction of sp³-hybridized carbons (Fsp3) is 0.500. The summed E-state index contributed by atoms with van der Waals surface area (Å²) < 4.78 is 0. The zero-order chi connectivity index (χ0) is 8.81. The third kappa shape index (κ3) is 2.69. The quantitative estimate of drug-likeness (QED) is 0.588. The van der Waals surface area contributed by atoms with Crippen LogP contribution in [0.3, 0.4) is 0 Å². The van der Waals surface area contributed by atoms with Crippen LogP contribution in [0.1, 0.15) is 32.6 Å². The highest BCUT2D eigenvalue weighted by atomic mass is 14.1. The van der Waals surface area contributed by atoms with E-state index in [1.165, 1.54) is 31.3 Å². The number of hydrogen-bond donors (Lipinski definition) is 0. The molecule has 0 nitrogen and oxygen atoms in total. The van der Waals surface area contributed by atoms with Gasteiger partial charge in [0, 0.05) is 0 Å². The molecule has 0 bridgehead atoms. The van der Waals surface area contributed by atoms with Crippen LogP contribution >= 0.6 is 0 Å². The lowest BCUT2D eigenvalue weighted by atomic mass is 9.90. The van der Waals surface area contributed by atoms with E-state index in [2.05, 4.69) is 31.7 Å². The van der Waals surface area contributed by atoms with Gasteiger partial charge in [-0.05, 0) is 24.3 Å². The van der Waals surface area contributed by atoms with Gasteiger partial charge in [-0.3, -0.25) is 0 Å². The molecule has 0 aromatic heterocycles. The molecule has 1 atom stereocenters. The van der Waals surface area contributed by atoms with Gasteiger partial charge in [0.1, 0.15) is 0 Å². The maximum Gasteiger partial charge on any atom is -0.0190 e. The molecular weight excluding hydrogens is 144 g/mol. The minimum atomic E-state index is 0.767. The zero-order valence-electron chi connectivity index (χ0n) is 7.92. The van der Waals surface area contributed by atoms with Gasteiger partial charge < -0.3 is 0 Å². The molecule has 0 saturated heterocycles. The van der Waals surface area contributed by atoms with Gasteiger partial charge in [-0.2, -0.15) is 0 Å². The Bertz CT molecular complexity index is 196. The fourth-order valence-corrected chi connectivity index (χ4v) is 1.59. The minimum absolute atomic E-state index is 0.767. The van der Waals surface area contributed by atoms with Gasteiger partial charge in [0.25, 0.3) is 0 Å². The lowest BCUT2D eigenvalue weighted by Crippen LogP contribution is -2.00. The highest BCUT2D eigenvalue weighted by Gasteiger charge is 2.08. The summed E-state index contributed by atoms with van der Waals surface area (Å²) in [4.78, 5) is 0. The van der Waals surface area contributed by atoms with Crippen molar-refractivity contribution in [1.29, 1.82) is 0 Å². The fourth-order valence-electron chi connectivity index (χ4n) is 1.59. The first-order valence-corrected chi connectivity index (χ1v) is 4.86. The molecule has 0 aromatic carbocycles. The average Bonchev–Trinajstić information content (AvgIpc) is 2.15. The van der Waals surface area contributed by atoms with Gasteiger partial charge in [0.15, 0.2) is 0 Å². The van der Waals surface area contributed by atoms with Gasteiger partial charge in [0.2, 0.25) is 0 Å². The van der Waals surface area contributed by atoms with Crippen LogP contribution in [-0.4, -0.2) is 0 Å². The average molecular weight is 162 g/mol. The summed E-state index contributed by atoms with van der Waals surface area (Å²) in [7, 11) is 0. The zero-order valence-corrected chi connectivity index (χ0v) is 7.92. The Kier molecular flexibility index (Phi) is 3.86. The predicted octanol–water partition coefficient (Wildman–Crippen LogP) is 3.87. The maximum absolute atomic E-state index is 3.80. The van der Waals surface area contributed by atoms with E-state index in [0.717, 1.165) is 5.92 Å². The first kappa shape index (κ1) is 9.31. The highest BCUT2D eigenvalue weighted by Crippen LogP contribution is 2.23. The highest BCUT2D eigenvalue weighted by molar-refractivity contribution is 5.27. The van der Waals surface area contributed by atoms with Crippen molar-refractivity contribution in [2.24, 2.45) is 5.92 Å². The van der Waals surface area contributed by atoms with Crippen molar-refractivity contribution < 1.29 is 0 Å². The summed E-state index contributed by atoms with van der Waals surface area (Å²) in [6, 6.07) is 0. The molecule has 0 heterocycles. The van der Waals surface area contributed by atoms with Gasteiger partial charge >= 0.3 is 0 Å². The van der Waals surface area contributed by atoms with Gasteiger partial charge in [0.05, 0.1) is 0 Å². The molecule has 1 rings (SSSR count). The van der Waals surface area contributed by atoms with Crippen LogP contribution in [0.15, 0.2) is 36.5 Å². The topological polar surface area (TPSA) is 0 Å². The Balaban J connectivity index is 2.37. The molecule has 0 fully saturated rings. The SMILES string of the molecule is C=CC1=CC=CC(CCCC)C1. The van der Waals surface area contributed by atoms with Crippen LogP contribution in [0.25, 0.3) is 0 Å². The van der Waals surface area contributed by atoms with Crippen molar-refractivity contribution in [1.82, 2.24) is 0 Å². The van der Waals surface area contributed by atoms with E-state index in [1.807, 2.05) is 6.08 Å². The molecule has 1 unspecified atom stereocenters. The second-order valence-electron chi connectivity index (χ2n) is 3.44. The first-order chi connectivity index (χ1) is 5.86. The molecular formula is C12H18. The molecule has 0 heteroatoms. The lowest BCUT2D eigenvalue weighted by molar-refractivity contribution is 0.550. The summed E-state index contributed by atoms with van der Waals surface area (Å²) in [6.45, 7) is 6.04. The standard InChI is InChI=1S/C12H18/c1-3-5-7-12-9-6-8-11(4-2)10-12/h4,6,8-9,12H,2-3,5,7,10H2,1H3. The van der Waals surface area contributed by atoms with Crippen LogP contribution in [0.2, 0.25) is 0 Å². The van der Waals surface area contributed by atoms with E-state index in [4.69, 9.17) is 0 Å². The number of allylic oxidation sites excluding steroid dienone is 5. The molecule has 0 aromatic rings. The van der Waals surface area contributed by atoms with Crippen molar-refractivity contribution in [3.63, 3.8) is 0 Å². The van der Waals surface area contributed by atoms with Crippen LogP contribution < -0.4 is 0 Å². The third-order valence-electron chi connectivity index (χ3n) is 2.38. The second kappa shape index (κ2) is 4.97. The van der Waals surface area contributed by atoms with Crippen molar-refractivity contribution in [3.8, 4) is 0 Å². The monoisotopic (exact) mass is 162 g/mol. The van der Waals surface area contributed by atoms with Gasteiger partial charge in [-0.1, -0.05) is 50.6 Å². The molecule has 0 aliphatic heterocycles.